The van der Waals surface area contributed by atoms with Crippen LogP contribution in [-0.2, 0) is 0 Å². The summed E-state index contributed by atoms with van der Waals surface area (Å²) in [4.78, 5) is 34.0. The van der Waals surface area contributed by atoms with Crippen LogP contribution in [-0.4, -0.2) is 21.5 Å². The molecule has 28 heavy (non-hydrogen) atoms. The zero-order valence-electron chi connectivity index (χ0n) is 14.9. The van der Waals surface area contributed by atoms with Gasteiger partial charge in [-0.2, -0.15) is 0 Å². The average Bonchev–Trinajstić information content (AvgIpc) is 3.03. The number of aryl methyl sites for hydroxylation is 1. The standard InChI is InChI=1S/C21H15FN2O2S2/c1-12-17(14-5-3-2-4-6-14)18-19(26)23-21(24-20(18)28-12)27-11-16(25)13-7-9-15(22)10-8-13/h2-10H,11H2,1H3,(H,23,24,26). The van der Waals surface area contributed by atoms with Crippen LogP contribution in [0.5, 0.6) is 0 Å². The smallest absolute Gasteiger partial charge is 0.260 e. The lowest BCUT2D eigenvalue weighted by Gasteiger charge is -2.03. The summed E-state index contributed by atoms with van der Waals surface area (Å²) >= 11 is 2.63. The first-order valence-electron chi connectivity index (χ1n) is 8.53. The van der Waals surface area contributed by atoms with E-state index in [0.717, 1.165) is 27.8 Å². The molecule has 0 aliphatic rings. The van der Waals surface area contributed by atoms with E-state index in [-0.39, 0.29) is 22.9 Å². The van der Waals surface area contributed by atoms with E-state index in [9.17, 15) is 14.0 Å². The topological polar surface area (TPSA) is 62.8 Å². The van der Waals surface area contributed by atoms with Gasteiger partial charge in [-0.3, -0.25) is 9.59 Å². The molecule has 2 heterocycles. The van der Waals surface area contributed by atoms with Crippen molar-refractivity contribution in [3.63, 3.8) is 0 Å². The third kappa shape index (κ3) is 3.63. The Morgan fingerprint density at radius 3 is 2.57 bits per heavy atom. The van der Waals surface area contributed by atoms with Gasteiger partial charge in [-0.25, -0.2) is 9.37 Å². The van der Waals surface area contributed by atoms with Crippen molar-refractivity contribution in [2.45, 2.75) is 12.1 Å². The molecule has 2 aromatic heterocycles. The Morgan fingerprint density at radius 1 is 1.14 bits per heavy atom. The summed E-state index contributed by atoms with van der Waals surface area (Å²) in [5.41, 5.74) is 2.08. The molecule has 0 aliphatic carbocycles. The molecule has 0 saturated carbocycles. The van der Waals surface area contributed by atoms with Gasteiger partial charge in [0, 0.05) is 16.0 Å². The number of thiophene rings is 1. The largest absolute Gasteiger partial charge is 0.301 e. The van der Waals surface area contributed by atoms with Crippen LogP contribution >= 0.6 is 23.1 Å². The molecule has 7 heteroatoms. The number of benzene rings is 2. The lowest BCUT2D eigenvalue weighted by Crippen LogP contribution is -2.10. The Labute approximate surface area is 168 Å². The third-order valence-electron chi connectivity index (χ3n) is 4.28. The second-order valence-electron chi connectivity index (χ2n) is 6.17. The number of nitrogens with one attached hydrogen (secondary N) is 1. The van der Waals surface area contributed by atoms with Gasteiger partial charge in [-0.05, 0) is 36.8 Å². The maximum absolute atomic E-state index is 13.0. The summed E-state index contributed by atoms with van der Waals surface area (Å²) in [5.74, 6) is -0.432. The van der Waals surface area contributed by atoms with Crippen molar-refractivity contribution in [2.24, 2.45) is 0 Å². The lowest BCUT2D eigenvalue weighted by molar-refractivity contribution is 0.102. The van der Waals surface area contributed by atoms with Gasteiger partial charge >= 0.3 is 0 Å². The molecule has 0 fully saturated rings. The van der Waals surface area contributed by atoms with Gasteiger partial charge in [-0.15, -0.1) is 11.3 Å². The molecular weight excluding hydrogens is 395 g/mol. The highest BCUT2D eigenvalue weighted by Gasteiger charge is 2.17. The number of carbonyl (C=O) groups is 1. The number of hydrogen-bond donors (Lipinski definition) is 1. The summed E-state index contributed by atoms with van der Waals surface area (Å²) in [6, 6.07) is 15.2. The van der Waals surface area contributed by atoms with Gasteiger partial charge in [0.1, 0.15) is 10.6 Å². The van der Waals surface area contributed by atoms with Crippen molar-refractivity contribution in [3.05, 3.63) is 81.2 Å². The second-order valence-corrected chi connectivity index (χ2v) is 8.34. The molecule has 0 amide bonds. The van der Waals surface area contributed by atoms with Crippen molar-refractivity contribution >= 4 is 39.1 Å². The van der Waals surface area contributed by atoms with Crippen LogP contribution in [0.1, 0.15) is 15.2 Å². The summed E-state index contributed by atoms with van der Waals surface area (Å²) < 4.78 is 13.0. The van der Waals surface area contributed by atoms with Crippen molar-refractivity contribution in [1.82, 2.24) is 9.97 Å². The molecule has 140 valence electrons. The van der Waals surface area contributed by atoms with E-state index in [2.05, 4.69) is 9.97 Å². The number of H-pyrrole nitrogens is 1. The number of ketones is 1. The summed E-state index contributed by atoms with van der Waals surface area (Å²) in [5, 5.41) is 0.969. The molecule has 0 unspecified atom stereocenters. The highest BCUT2D eigenvalue weighted by atomic mass is 32.2. The number of hydrogen-bond acceptors (Lipinski definition) is 5. The first kappa shape index (κ1) is 18.6. The molecule has 4 aromatic rings. The predicted molar refractivity (Wildman–Crippen MR) is 112 cm³/mol. The monoisotopic (exact) mass is 410 g/mol. The second kappa shape index (κ2) is 7.69. The van der Waals surface area contributed by atoms with E-state index >= 15 is 0 Å². The maximum Gasteiger partial charge on any atom is 0.260 e. The SMILES string of the molecule is Cc1sc2nc(SCC(=O)c3ccc(F)cc3)[nH]c(=O)c2c1-c1ccccc1. The predicted octanol–water partition coefficient (Wildman–Crippen LogP) is 5.07. The van der Waals surface area contributed by atoms with Gasteiger partial charge < -0.3 is 4.98 Å². The Morgan fingerprint density at radius 2 is 1.86 bits per heavy atom. The highest BCUT2D eigenvalue weighted by molar-refractivity contribution is 7.99. The van der Waals surface area contributed by atoms with E-state index in [1.807, 2.05) is 37.3 Å². The Kier molecular flexibility index (Phi) is 5.11. The van der Waals surface area contributed by atoms with E-state index in [4.69, 9.17) is 0 Å². The Balaban J connectivity index is 1.63. The van der Waals surface area contributed by atoms with Gasteiger partial charge in [-0.1, -0.05) is 42.1 Å². The molecule has 0 aliphatic heterocycles. The highest BCUT2D eigenvalue weighted by Crippen LogP contribution is 2.35. The minimum Gasteiger partial charge on any atom is -0.301 e. The van der Waals surface area contributed by atoms with Crippen LogP contribution < -0.4 is 5.56 Å². The molecular formula is C21H15FN2O2S2. The van der Waals surface area contributed by atoms with Crippen molar-refractivity contribution in [2.75, 3.05) is 5.75 Å². The van der Waals surface area contributed by atoms with Crippen LogP contribution in [0, 0.1) is 12.7 Å². The molecule has 4 rings (SSSR count). The Hall–Kier alpha value is -2.77. The number of rotatable bonds is 5. The van der Waals surface area contributed by atoms with Crippen LogP contribution in [0.15, 0.2) is 64.5 Å². The van der Waals surface area contributed by atoms with Crippen molar-refractivity contribution in [1.29, 1.82) is 0 Å². The number of halogens is 1. The van der Waals surface area contributed by atoms with Gasteiger partial charge in [0.15, 0.2) is 10.9 Å². The van der Waals surface area contributed by atoms with Crippen LogP contribution in [0.2, 0.25) is 0 Å². The number of thioether (sulfide) groups is 1. The molecule has 0 spiro atoms. The number of aromatic nitrogens is 2. The van der Waals surface area contributed by atoms with Crippen LogP contribution in [0.3, 0.4) is 0 Å². The van der Waals surface area contributed by atoms with E-state index in [0.29, 0.717) is 20.9 Å². The molecule has 0 radical (unpaired) electrons. The third-order valence-corrected chi connectivity index (χ3v) is 6.16. The summed E-state index contributed by atoms with van der Waals surface area (Å²) in [6.07, 6.45) is 0. The first-order valence-corrected chi connectivity index (χ1v) is 10.3. The Bertz CT molecular complexity index is 1220. The van der Waals surface area contributed by atoms with E-state index in [1.54, 1.807) is 0 Å². The molecule has 1 N–H and O–H groups in total. The van der Waals surface area contributed by atoms with Crippen molar-refractivity contribution < 1.29 is 9.18 Å². The van der Waals surface area contributed by atoms with E-state index in [1.165, 1.54) is 35.6 Å². The number of fused-ring (bicyclic) bond motifs is 1. The van der Waals surface area contributed by atoms with Gasteiger partial charge in [0.05, 0.1) is 11.1 Å². The fourth-order valence-corrected chi connectivity index (χ4v) is 4.83. The maximum atomic E-state index is 13.0. The van der Waals surface area contributed by atoms with Gasteiger partial charge in [0.2, 0.25) is 0 Å². The fraction of sp³-hybridized carbons (Fsp3) is 0.0952. The number of carbonyl (C=O) groups excluding carboxylic acids is 1. The van der Waals surface area contributed by atoms with Gasteiger partial charge in [0.25, 0.3) is 5.56 Å². The zero-order valence-corrected chi connectivity index (χ0v) is 16.5. The fourth-order valence-electron chi connectivity index (χ4n) is 2.97. The molecule has 0 atom stereocenters. The summed E-state index contributed by atoms with van der Waals surface area (Å²) in [7, 11) is 0. The van der Waals surface area contributed by atoms with E-state index < -0.39 is 0 Å². The lowest BCUT2D eigenvalue weighted by atomic mass is 10.0. The normalized spacial score (nSPS) is 11.1. The average molecular weight is 410 g/mol. The first-order chi connectivity index (χ1) is 13.5. The summed E-state index contributed by atoms with van der Waals surface area (Å²) in [6.45, 7) is 1.97. The molecule has 2 aromatic carbocycles. The minimum absolute atomic E-state index is 0.107. The number of nitrogens with zero attached hydrogens (tertiary/aromatic N) is 1. The zero-order chi connectivity index (χ0) is 19.7. The van der Waals surface area contributed by atoms with Crippen LogP contribution in [0.25, 0.3) is 21.3 Å². The number of Topliss-reactive ketones (excluding diaryl/α,β-unsaturated/α-hetero) is 1. The number of aromatic amines is 1. The van der Waals surface area contributed by atoms with Crippen molar-refractivity contribution in [3.8, 4) is 11.1 Å². The van der Waals surface area contributed by atoms with Crippen LogP contribution in [0.4, 0.5) is 4.39 Å². The quantitative estimate of drug-likeness (QED) is 0.283. The minimum atomic E-state index is -0.386. The molecule has 4 nitrogen and oxygen atoms in total. The molecule has 0 bridgehead atoms. The molecule has 0 saturated heterocycles.